The van der Waals surface area contributed by atoms with Crippen LogP contribution in [0.15, 0.2) is 58.5 Å². The summed E-state index contributed by atoms with van der Waals surface area (Å²) < 4.78 is 52.7. The largest absolute Gasteiger partial charge is 0.465 e. The molecule has 1 N–H and O–H groups in total. The third-order valence-corrected chi connectivity index (χ3v) is 4.98. The van der Waals surface area contributed by atoms with Gasteiger partial charge in [-0.1, -0.05) is 42.0 Å². The van der Waals surface area contributed by atoms with Crippen molar-refractivity contribution < 1.29 is 27.1 Å². The molecule has 3 rings (SSSR count). The average molecular weight is 407 g/mol. The van der Waals surface area contributed by atoms with Crippen LogP contribution in [0.2, 0.25) is 0 Å². The lowest BCUT2D eigenvalue weighted by molar-refractivity contribution is -0.265. The Labute approximate surface area is 167 Å². The Bertz CT molecular complexity index is 858. The fourth-order valence-electron chi connectivity index (χ4n) is 3.40. The van der Waals surface area contributed by atoms with E-state index in [1.54, 1.807) is 25.1 Å². The van der Waals surface area contributed by atoms with Gasteiger partial charge in [0.2, 0.25) is 5.60 Å². The van der Waals surface area contributed by atoms with Crippen LogP contribution in [0.5, 0.6) is 0 Å². The van der Waals surface area contributed by atoms with Crippen LogP contribution >= 0.6 is 0 Å². The van der Waals surface area contributed by atoms with E-state index in [0.717, 1.165) is 5.56 Å². The molecule has 0 bridgehead atoms. The lowest BCUT2D eigenvalue weighted by atomic mass is 9.90. The van der Waals surface area contributed by atoms with Gasteiger partial charge in [0.15, 0.2) is 0 Å². The molecule has 1 aliphatic heterocycles. The minimum Gasteiger partial charge on any atom is -0.465 e. The van der Waals surface area contributed by atoms with Crippen molar-refractivity contribution in [1.29, 1.82) is 0 Å². The van der Waals surface area contributed by atoms with E-state index in [1.807, 2.05) is 30.3 Å². The summed E-state index contributed by atoms with van der Waals surface area (Å²) in [7, 11) is 0. The topological polar surface area (TPSA) is 51.5 Å². The molecule has 7 heteroatoms. The number of hydrogen-bond acceptors (Lipinski definition) is 3. The lowest BCUT2D eigenvalue weighted by Gasteiger charge is -2.33. The van der Waals surface area contributed by atoms with Crippen LogP contribution in [0.1, 0.15) is 36.3 Å². The van der Waals surface area contributed by atoms with Gasteiger partial charge >= 0.3 is 6.18 Å². The van der Waals surface area contributed by atoms with Gasteiger partial charge in [0.1, 0.15) is 11.5 Å². The molecule has 0 spiro atoms. The molecule has 1 atom stereocenters. The van der Waals surface area contributed by atoms with Crippen molar-refractivity contribution in [3.8, 4) is 0 Å². The first-order valence-electron chi connectivity index (χ1n) is 9.56. The number of alkyl halides is 3. The summed E-state index contributed by atoms with van der Waals surface area (Å²) in [4.78, 5) is 12.7. The third kappa shape index (κ3) is 5.09. The van der Waals surface area contributed by atoms with Crippen LogP contribution in [-0.4, -0.2) is 24.3 Å². The van der Waals surface area contributed by atoms with Crippen LogP contribution in [-0.2, 0) is 22.5 Å². The van der Waals surface area contributed by atoms with Gasteiger partial charge < -0.3 is 14.5 Å². The molecule has 4 nitrogen and oxygen atoms in total. The Kier molecular flexibility index (Phi) is 6.47. The van der Waals surface area contributed by atoms with E-state index in [0.29, 0.717) is 36.4 Å². The van der Waals surface area contributed by atoms with E-state index in [2.05, 4.69) is 5.32 Å². The smallest absolute Gasteiger partial charge is 0.426 e. The highest BCUT2D eigenvalue weighted by Crippen LogP contribution is 2.41. The molecule has 2 aromatic rings. The quantitative estimate of drug-likeness (QED) is 0.719. The predicted octanol–water partition coefficient (Wildman–Crippen LogP) is 4.87. The molecule has 0 aliphatic carbocycles. The Morgan fingerprint density at radius 1 is 1.21 bits per heavy atom. The van der Waals surface area contributed by atoms with Crippen molar-refractivity contribution in [2.45, 2.75) is 50.9 Å². The van der Waals surface area contributed by atoms with Crippen molar-refractivity contribution in [1.82, 2.24) is 5.32 Å². The molecule has 1 amide bonds. The Balaban J connectivity index is 1.79. The zero-order valence-electron chi connectivity index (χ0n) is 16.2. The second-order valence-corrected chi connectivity index (χ2v) is 7.20. The Morgan fingerprint density at radius 3 is 2.62 bits per heavy atom. The van der Waals surface area contributed by atoms with E-state index in [1.165, 1.54) is 0 Å². The number of aryl methyl sites for hydroxylation is 1. The predicted molar refractivity (Wildman–Crippen MR) is 102 cm³/mol. The van der Waals surface area contributed by atoms with Crippen LogP contribution in [0.25, 0.3) is 0 Å². The van der Waals surface area contributed by atoms with Crippen molar-refractivity contribution >= 4 is 5.91 Å². The third-order valence-electron chi connectivity index (χ3n) is 4.98. The monoisotopic (exact) mass is 407 g/mol. The van der Waals surface area contributed by atoms with E-state index in [9.17, 15) is 18.0 Å². The van der Waals surface area contributed by atoms with Gasteiger partial charge in [-0.25, -0.2) is 0 Å². The van der Waals surface area contributed by atoms with Crippen LogP contribution in [0.3, 0.4) is 0 Å². The number of carbonyl (C=O) groups excluding carboxylic acids is 1. The standard InChI is InChI=1S/C22H24F3NO3/c1-16-9-12-19(29-16)15-26-20(27)21(22(23,24)25)14-18(8-5-13-28-21)11-10-17-6-3-2-4-7-17/h2-4,6-7,9,11-12H,5,8,10,13-15H2,1H3,(H,26,27)/b18-11-. The molecule has 29 heavy (non-hydrogen) atoms. The molecule has 1 aromatic carbocycles. The van der Waals surface area contributed by atoms with E-state index < -0.39 is 24.1 Å². The Morgan fingerprint density at radius 2 is 1.97 bits per heavy atom. The molecule has 1 unspecified atom stereocenters. The maximum absolute atomic E-state index is 14.1. The maximum atomic E-state index is 14.1. The van der Waals surface area contributed by atoms with Gasteiger partial charge in [-0.05, 0) is 43.9 Å². The summed E-state index contributed by atoms with van der Waals surface area (Å²) in [5, 5.41) is 2.35. The van der Waals surface area contributed by atoms with Crippen LogP contribution in [0, 0.1) is 6.92 Å². The van der Waals surface area contributed by atoms with Crippen LogP contribution < -0.4 is 5.32 Å². The number of carbonyl (C=O) groups is 1. The molecule has 2 heterocycles. The van der Waals surface area contributed by atoms with Crippen LogP contribution in [0.4, 0.5) is 13.2 Å². The molecule has 1 aromatic heterocycles. The molecular formula is C22H24F3NO3. The number of benzene rings is 1. The highest BCUT2D eigenvalue weighted by atomic mass is 19.4. The van der Waals surface area contributed by atoms with Crippen molar-refractivity contribution in [3.63, 3.8) is 0 Å². The second kappa shape index (κ2) is 8.86. The van der Waals surface area contributed by atoms with E-state index in [-0.39, 0.29) is 13.2 Å². The number of nitrogens with one attached hydrogen (secondary N) is 1. The summed E-state index contributed by atoms with van der Waals surface area (Å²) >= 11 is 0. The lowest BCUT2D eigenvalue weighted by Crippen LogP contribution is -2.58. The number of hydrogen-bond donors (Lipinski definition) is 1. The number of rotatable bonds is 5. The number of furan rings is 1. The van der Waals surface area contributed by atoms with E-state index in [4.69, 9.17) is 9.15 Å². The minimum atomic E-state index is -4.84. The first-order chi connectivity index (χ1) is 13.8. The first-order valence-corrected chi connectivity index (χ1v) is 9.56. The summed E-state index contributed by atoms with van der Waals surface area (Å²) in [6.07, 6.45) is -2.15. The highest BCUT2D eigenvalue weighted by Gasteiger charge is 2.62. The molecule has 0 radical (unpaired) electrons. The molecule has 0 saturated carbocycles. The van der Waals surface area contributed by atoms with Gasteiger partial charge in [-0.3, -0.25) is 4.79 Å². The Hall–Kier alpha value is -2.54. The first kappa shape index (κ1) is 21.2. The van der Waals surface area contributed by atoms with Gasteiger partial charge in [-0.2, -0.15) is 13.2 Å². The second-order valence-electron chi connectivity index (χ2n) is 7.20. The fraction of sp³-hybridized carbons (Fsp3) is 0.409. The number of halogens is 3. The fourth-order valence-corrected chi connectivity index (χ4v) is 3.40. The zero-order chi connectivity index (χ0) is 20.9. The van der Waals surface area contributed by atoms with Crippen molar-refractivity contribution in [3.05, 3.63) is 71.2 Å². The minimum absolute atomic E-state index is 0.128. The normalized spacial score (nSPS) is 21.7. The summed E-state index contributed by atoms with van der Waals surface area (Å²) in [6, 6.07) is 12.8. The highest BCUT2D eigenvalue weighted by molar-refractivity contribution is 5.86. The van der Waals surface area contributed by atoms with Gasteiger partial charge in [0.05, 0.1) is 6.54 Å². The van der Waals surface area contributed by atoms with Gasteiger partial charge in [-0.15, -0.1) is 0 Å². The number of allylic oxidation sites excluding steroid dienone is 1. The van der Waals surface area contributed by atoms with Gasteiger partial charge in [0, 0.05) is 13.0 Å². The molecular weight excluding hydrogens is 383 g/mol. The summed E-state index contributed by atoms with van der Waals surface area (Å²) in [5.74, 6) is -0.176. The SMILES string of the molecule is Cc1ccc(CNC(=O)C2(C(F)(F)F)C/C(=C\Cc3ccccc3)CCCO2)o1. The molecule has 1 fully saturated rings. The molecule has 1 saturated heterocycles. The maximum Gasteiger partial charge on any atom is 0.426 e. The number of ether oxygens (including phenoxy) is 1. The van der Waals surface area contributed by atoms with Gasteiger partial charge in [0.25, 0.3) is 5.91 Å². The summed E-state index contributed by atoms with van der Waals surface area (Å²) in [6.45, 7) is 1.47. The summed E-state index contributed by atoms with van der Waals surface area (Å²) in [5.41, 5.74) is -1.32. The number of amides is 1. The zero-order valence-corrected chi connectivity index (χ0v) is 16.2. The average Bonchev–Trinajstić information content (AvgIpc) is 2.97. The van der Waals surface area contributed by atoms with Crippen molar-refractivity contribution in [2.24, 2.45) is 0 Å². The molecule has 156 valence electrons. The van der Waals surface area contributed by atoms with Crippen molar-refractivity contribution in [2.75, 3.05) is 6.61 Å². The van der Waals surface area contributed by atoms with E-state index >= 15 is 0 Å². The molecule has 1 aliphatic rings.